The van der Waals surface area contributed by atoms with Crippen molar-refractivity contribution in [3.8, 4) is 0 Å². The second-order valence-corrected chi connectivity index (χ2v) is 8.28. The van der Waals surface area contributed by atoms with Gasteiger partial charge in [-0.05, 0) is 44.4 Å². The number of halogens is 1. The van der Waals surface area contributed by atoms with E-state index in [1.807, 2.05) is 27.7 Å². The topological polar surface area (TPSA) is 71.4 Å². The predicted octanol–water partition coefficient (Wildman–Crippen LogP) is 3.79. The third kappa shape index (κ3) is 5.55. The number of hydrogen-bond acceptors (Lipinski definition) is 3. The number of carbonyl (C=O) groups is 2. The van der Waals surface area contributed by atoms with E-state index in [1.165, 1.54) is 29.4 Å². The molecule has 0 saturated heterocycles. The van der Waals surface area contributed by atoms with Gasteiger partial charge in [0.05, 0.1) is 6.04 Å². The predicted molar refractivity (Wildman–Crippen MR) is 115 cm³/mol. The second kappa shape index (κ2) is 9.69. The van der Waals surface area contributed by atoms with Crippen LogP contribution in [0.1, 0.15) is 73.0 Å². The lowest BCUT2D eigenvalue weighted by atomic mass is 10.1. The minimum absolute atomic E-state index is 0.0334. The van der Waals surface area contributed by atoms with Gasteiger partial charge < -0.3 is 14.8 Å². The highest BCUT2D eigenvalue weighted by Gasteiger charge is 2.23. The average molecular weight is 416 g/mol. The van der Waals surface area contributed by atoms with Crippen LogP contribution in [0.15, 0.2) is 41.5 Å². The van der Waals surface area contributed by atoms with Gasteiger partial charge in [0, 0.05) is 32.0 Å². The standard InChI is InChI=1S/C23H30FN3O3/c1-14(2)11-26(6)23(30)20-13-27(15(3)4)12-19(21(20)28)22(29)25-16(5)17-7-9-18(24)10-8-17/h7-10,12-16H,11H2,1-6H3,(H,25,29). The summed E-state index contributed by atoms with van der Waals surface area (Å²) in [6.07, 6.45) is 2.98. The summed E-state index contributed by atoms with van der Waals surface area (Å²) in [4.78, 5) is 40.3. The van der Waals surface area contributed by atoms with Gasteiger partial charge in [0.1, 0.15) is 16.9 Å². The maximum absolute atomic E-state index is 13.1. The molecule has 1 atom stereocenters. The normalized spacial score (nSPS) is 12.2. The smallest absolute Gasteiger partial charge is 0.259 e. The van der Waals surface area contributed by atoms with E-state index in [1.54, 1.807) is 30.7 Å². The molecule has 1 aromatic carbocycles. The van der Waals surface area contributed by atoms with Gasteiger partial charge in [-0.2, -0.15) is 0 Å². The molecule has 0 spiro atoms. The molecule has 0 fully saturated rings. The van der Waals surface area contributed by atoms with Gasteiger partial charge >= 0.3 is 0 Å². The molecule has 0 saturated carbocycles. The minimum Gasteiger partial charge on any atom is -0.350 e. The zero-order valence-electron chi connectivity index (χ0n) is 18.4. The van der Waals surface area contributed by atoms with Crippen LogP contribution in [0.4, 0.5) is 4.39 Å². The fraction of sp³-hybridized carbons (Fsp3) is 0.435. The van der Waals surface area contributed by atoms with Crippen molar-refractivity contribution in [2.45, 2.75) is 46.7 Å². The first kappa shape index (κ1) is 23.3. The van der Waals surface area contributed by atoms with Crippen LogP contribution in [-0.2, 0) is 0 Å². The Morgan fingerprint density at radius 3 is 2.13 bits per heavy atom. The molecule has 0 aliphatic carbocycles. The zero-order valence-corrected chi connectivity index (χ0v) is 18.4. The molecule has 2 aromatic rings. The largest absolute Gasteiger partial charge is 0.350 e. The van der Waals surface area contributed by atoms with Gasteiger partial charge in [0.15, 0.2) is 0 Å². The SMILES string of the molecule is CC(C)CN(C)C(=O)c1cn(C(C)C)cc(C(=O)NC(C)c2ccc(F)cc2)c1=O. The second-order valence-electron chi connectivity index (χ2n) is 8.28. The molecule has 0 bridgehead atoms. The molecule has 162 valence electrons. The molecule has 1 heterocycles. The molecular weight excluding hydrogens is 385 g/mol. The average Bonchev–Trinajstić information content (AvgIpc) is 2.67. The van der Waals surface area contributed by atoms with Crippen molar-refractivity contribution in [3.05, 3.63) is 69.4 Å². The molecular formula is C23H30FN3O3. The summed E-state index contributed by atoms with van der Waals surface area (Å²) in [5.74, 6) is -1.11. The first-order valence-electron chi connectivity index (χ1n) is 10.1. The van der Waals surface area contributed by atoms with E-state index in [9.17, 15) is 18.8 Å². The van der Waals surface area contributed by atoms with Crippen molar-refractivity contribution < 1.29 is 14.0 Å². The van der Waals surface area contributed by atoms with Gasteiger partial charge in [0.2, 0.25) is 5.43 Å². The monoisotopic (exact) mass is 415 g/mol. The van der Waals surface area contributed by atoms with Crippen molar-refractivity contribution in [2.24, 2.45) is 5.92 Å². The number of nitrogens with one attached hydrogen (secondary N) is 1. The van der Waals surface area contributed by atoms with Crippen LogP contribution in [0, 0.1) is 11.7 Å². The molecule has 1 N–H and O–H groups in total. The number of carbonyl (C=O) groups excluding carboxylic acids is 2. The Balaban J connectivity index is 2.39. The molecule has 2 amide bonds. The highest BCUT2D eigenvalue weighted by molar-refractivity contribution is 5.99. The molecule has 1 unspecified atom stereocenters. The van der Waals surface area contributed by atoms with Crippen LogP contribution >= 0.6 is 0 Å². The number of benzene rings is 1. The number of aromatic nitrogens is 1. The minimum atomic E-state index is -0.601. The lowest BCUT2D eigenvalue weighted by molar-refractivity contribution is 0.0777. The van der Waals surface area contributed by atoms with Crippen LogP contribution < -0.4 is 10.7 Å². The summed E-state index contributed by atoms with van der Waals surface area (Å²) in [7, 11) is 1.64. The first-order valence-corrected chi connectivity index (χ1v) is 10.1. The third-order valence-electron chi connectivity index (χ3n) is 4.82. The molecule has 0 aliphatic heterocycles. The summed E-state index contributed by atoms with van der Waals surface area (Å²) in [6.45, 7) is 10.0. The molecule has 6 nitrogen and oxygen atoms in total. The molecule has 0 radical (unpaired) electrons. The Bertz CT molecular complexity index is 965. The van der Waals surface area contributed by atoms with Crippen LogP contribution in [0.5, 0.6) is 0 Å². The van der Waals surface area contributed by atoms with Crippen LogP contribution in [0.2, 0.25) is 0 Å². The summed E-state index contributed by atoms with van der Waals surface area (Å²) in [5.41, 5.74) is -0.0236. The van der Waals surface area contributed by atoms with Gasteiger partial charge in [-0.3, -0.25) is 14.4 Å². The number of amides is 2. The van der Waals surface area contributed by atoms with E-state index in [0.29, 0.717) is 12.1 Å². The lowest BCUT2D eigenvalue weighted by Gasteiger charge is -2.21. The van der Waals surface area contributed by atoms with Crippen molar-refractivity contribution in [1.29, 1.82) is 0 Å². The summed E-state index contributed by atoms with van der Waals surface area (Å²) >= 11 is 0. The summed E-state index contributed by atoms with van der Waals surface area (Å²) in [5, 5.41) is 2.77. The highest BCUT2D eigenvalue weighted by Crippen LogP contribution is 2.14. The quantitative estimate of drug-likeness (QED) is 0.748. The van der Waals surface area contributed by atoms with Gasteiger partial charge in [-0.25, -0.2) is 4.39 Å². The highest BCUT2D eigenvalue weighted by atomic mass is 19.1. The van der Waals surface area contributed by atoms with Crippen molar-refractivity contribution in [2.75, 3.05) is 13.6 Å². The maximum Gasteiger partial charge on any atom is 0.259 e. The summed E-state index contributed by atoms with van der Waals surface area (Å²) in [6, 6.07) is 5.30. The van der Waals surface area contributed by atoms with Gasteiger partial charge in [0.25, 0.3) is 11.8 Å². The zero-order chi connectivity index (χ0) is 22.6. The molecule has 7 heteroatoms. The molecule has 2 rings (SSSR count). The van der Waals surface area contributed by atoms with E-state index in [0.717, 1.165) is 0 Å². The van der Waals surface area contributed by atoms with E-state index < -0.39 is 23.3 Å². The van der Waals surface area contributed by atoms with E-state index in [2.05, 4.69) is 5.32 Å². The Kier molecular flexibility index (Phi) is 7.54. The lowest BCUT2D eigenvalue weighted by Crippen LogP contribution is -2.38. The maximum atomic E-state index is 13.1. The van der Waals surface area contributed by atoms with Crippen molar-refractivity contribution >= 4 is 11.8 Å². The van der Waals surface area contributed by atoms with Crippen molar-refractivity contribution in [1.82, 2.24) is 14.8 Å². The Hall–Kier alpha value is -2.96. The van der Waals surface area contributed by atoms with Crippen LogP contribution in [0.3, 0.4) is 0 Å². The number of pyridine rings is 1. The van der Waals surface area contributed by atoms with Gasteiger partial charge in [-0.15, -0.1) is 0 Å². The molecule has 0 aliphatic rings. The fourth-order valence-electron chi connectivity index (χ4n) is 3.16. The molecule has 30 heavy (non-hydrogen) atoms. The van der Waals surface area contributed by atoms with E-state index >= 15 is 0 Å². The number of rotatable bonds is 7. The molecule has 1 aromatic heterocycles. The Morgan fingerprint density at radius 1 is 1.03 bits per heavy atom. The summed E-state index contributed by atoms with van der Waals surface area (Å²) < 4.78 is 14.8. The van der Waals surface area contributed by atoms with Gasteiger partial charge in [-0.1, -0.05) is 26.0 Å². The fourth-order valence-corrected chi connectivity index (χ4v) is 3.16. The first-order chi connectivity index (χ1) is 14.0. The third-order valence-corrected chi connectivity index (χ3v) is 4.82. The Labute approximate surface area is 176 Å². The van der Waals surface area contributed by atoms with Crippen LogP contribution in [0.25, 0.3) is 0 Å². The van der Waals surface area contributed by atoms with E-state index in [4.69, 9.17) is 0 Å². The van der Waals surface area contributed by atoms with Crippen molar-refractivity contribution in [3.63, 3.8) is 0 Å². The number of hydrogen-bond donors (Lipinski definition) is 1. The number of nitrogens with zero attached hydrogens (tertiary/aromatic N) is 2. The van der Waals surface area contributed by atoms with Crippen LogP contribution in [-0.4, -0.2) is 34.9 Å². The van der Waals surface area contributed by atoms with E-state index in [-0.39, 0.29) is 28.9 Å². The Morgan fingerprint density at radius 2 is 1.60 bits per heavy atom.